The summed E-state index contributed by atoms with van der Waals surface area (Å²) in [5.41, 5.74) is 3.68. The van der Waals surface area contributed by atoms with Crippen LogP contribution in [0.4, 0.5) is 0 Å². The van der Waals surface area contributed by atoms with Gasteiger partial charge in [-0.25, -0.2) is 0 Å². The van der Waals surface area contributed by atoms with Crippen molar-refractivity contribution in [3.63, 3.8) is 0 Å². The van der Waals surface area contributed by atoms with Crippen molar-refractivity contribution >= 4 is 11.6 Å². The zero-order chi connectivity index (χ0) is 19.2. The van der Waals surface area contributed by atoms with E-state index in [1.54, 1.807) is 0 Å². The minimum atomic E-state index is 0.806. The summed E-state index contributed by atoms with van der Waals surface area (Å²) in [6.45, 7) is 4.08. The Kier molecular flexibility index (Phi) is 10.7. The van der Waals surface area contributed by atoms with Gasteiger partial charge < -0.3 is 5.32 Å². The summed E-state index contributed by atoms with van der Waals surface area (Å²) in [4.78, 5) is 0. The van der Waals surface area contributed by atoms with Crippen LogP contribution in [0.5, 0.6) is 0 Å². The number of unbranched alkanes of at least 4 members (excludes halogenated alkanes) is 6. The van der Waals surface area contributed by atoms with E-state index in [1.165, 1.54) is 49.7 Å². The van der Waals surface area contributed by atoms with Crippen molar-refractivity contribution in [2.45, 2.75) is 64.8 Å². The molecule has 2 heteroatoms. The third-order valence-corrected chi connectivity index (χ3v) is 4.89. The molecule has 0 heterocycles. The first-order chi connectivity index (χ1) is 13.3. The van der Waals surface area contributed by atoms with E-state index in [0.717, 1.165) is 36.5 Å². The maximum atomic E-state index is 6.02. The highest BCUT2D eigenvalue weighted by Gasteiger charge is 1.96. The number of halogens is 1. The van der Waals surface area contributed by atoms with Crippen LogP contribution < -0.4 is 5.32 Å². The molecule has 0 atom stereocenters. The number of hydrogen-bond acceptors (Lipinski definition) is 1. The second kappa shape index (κ2) is 13.4. The molecule has 0 aliphatic carbocycles. The van der Waals surface area contributed by atoms with Gasteiger partial charge in [-0.3, -0.25) is 0 Å². The molecule has 0 saturated carbocycles. The molecule has 2 rings (SSSR count). The van der Waals surface area contributed by atoms with Gasteiger partial charge in [0.2, 0.25) is 0 Å². The van der Waals surface area contributed by atoms with Gasteiger partial charge in [-0.05, 0) is 54.8 Å². The van der Waals surface area contributed by atoms with Crippen molar-refractivity contribution in [1.82, 2.24) is 5.32 Å². The number of hydrogen-bond donors (Lipinski definition) is 1. The van der Waals surface area contributed by atoms with E-state index < -0.39 is 0 Å². The third kappa shape index (κ3) is 9.66. The van der Waals surface area contributed by atoms with Gasteiger partial charge in [-0.15, -0.1) is 0 Å². The zero-order valence-electron chi connectivity index (χ0n) is 16.6. The van der Waals surface area contributed by atoms with Gasteiger partial charge in [-0.2, -0.15) is 0 Å². The average Bonchev–Trinajstić information content (AvgIpc) is 2.68. The molecule has 0 aromatic heterocycles. The molecule has 1 N–H and O–H groups in total. The molecule has 1 nitrogen and oxygen atoms in total. The minimum absolute atomic E-state index is 0.806. The van der Waals surface area contributed by atoms with Crippen molar-refractivity contribution < 1.29 is 0 Å². The van der Waals surface area contributed by atoms with Crippen LogP contribution in [-0.4, -0.2) is 6.54 Å². The molecule has 27 heavy (non-hydrogen) atoms. The fourth-order valence-electron chi connectivity index (χ4n) is 3.02. The molecule has 0 unspecified atom stereocenters. The van der Waals surface area contributed by atoms with Gasteiger partial charge in [0.25, 0.3) is 0 Å². The van der Waals surface area contributed by atoms with Crippen LogP contribution in [0.2, 0.25) is 5.02 Å². The monoisotopic (exact) mass is 381 g/mol. The van der Waals surface area contributed by atoms with Gasteiger partial charge in [0.05, 0.1) is 0 Å². The zero-order valence-corrected chi connectivity index (χ0v) is 17.3. The summed E-state index contributed by atoms with van der Waals surface area (Å²) in [5.74, 6) is 6.60. The van der Waals surface area contributed by atoms with Gasteiger partial charge in [0.15, 0.2) is 0 Å². The topological polar surface area (TPSA) is 12.0 Å². The summed E-state index contributed by atoms with van der Waals surface area (Å²) in [5, 5.41) is 4.30. The number of benzene rings is 2. The van der Waals surface area contributed by atoms with Crippen LogP contribution in [0, 0.1) is 11.8 Å². The molecular formula is C25H32ClN. The van der Waals surface area contributed by atoms with Gasteiger partial charge in [-0.1, -0.05) is 86.7 Å². The fraction of sp³-hybridized carbons (Fsp3) is 0.440. The van der Waals surface area contributed by atoms with Crippen molar-refractivity contribution in [1.29, 1.82) is 0 Å². The maximum absolute atomic E-state index is 6.02. The Labute approximate surface area is 170 Å². The smallest absolute Gasteiger partial charge is 0.0408 e. The van der Waals surface area contributed by atoms with Crippen LogP contribution in [-0.2, 0) is 13.0 Å². The van der Waals surface area contributed by atoms with Gasteiger partial charge in [0.1, 0.15) is 0 Å². The Morgan fingerprint density at radius 1 is 0.889 bits per heavy atom. The first kappa shape index (κ1) is 21.5. The summed E-state index contributed by atoms with van der Waals surface area (Å²) in [6, 6.07) is 16.7. The molecule has 0 amide bonds. The summed E-state index contributed by atoms with van der Waals surface area (Å²) < 4.78 is 0. The number of rotatable bonds is 11. The van der Waals surface area contributed by atoms with E-state index >= 15 is 0 Å². The van der Waals surface area contributed by atoms with Gasteiger partial charge >= 0.3 is 0 Å². The van der Waals surface area contributed by atoms with E-state index in [-0.39, 0.29) is 0 Å². The Morgan fingerprint density at radius 2 is 1.67 bits per heavy atom. The molecule has 0 radical (unpaired) electrons. The lowest BCUT2D eigenvalue weighted by atomic mass is 10.1. The normalized spacial score (nSPS) is 10.4. The first-order valence-electron chi connectivity index (χ1n) is 10.3. The lowest BCUT2D eigenvalue weighted by Crippen LogP contribution is -2.16. The standard InChI is InChI=1S/C25H32ClN/c1-2-3-4-5-6-7-8-9-11-22-14-16-24(17-15-22)21-27-19-18-23-12-10-13-25(26)20-23/h10,12-17,20,27H,2-8,18-19,21H2,1H3. The fourth-order valence-corrected chi connectivity index (χ4v) is 3.24. The van der Waals surface area contributed by atoms with E-state index in [9.17, 15) is 0 Å². The lowest BCUT2D eigenvalue weighted by Gasteiger charge is -2.06. The predicted molar refractivity (Wildman–Crippen MR) is 118 cm³/mol. The summed E-state index contributed by atoms with van der Waals surface area (Å²) in [7, 11) is 0. The molecule has 0 aliphatic heterocycles. The van der Waals surface area contributed by atoms with Crippen molar-refractivity contribution in [2.24, 2.45) is 0 Å². The molecule has 2 aromatic rings. The highest BCUT2D eigenvalue weighted by Crippen LogP contribution is 2.11. The second-order valence-electron chi connectivity index (χ2n) is 7.07. The van der Waals surface area contributed by atoms with Crippen molar-refractivity contribution in [2.75, 3.05) is 6.54 Å². The molecule has 0 spiro atoms. The molecule has 2 aromatic carbocycles. The Bertz CT molecular complexity index is 709. The van der Waals surface area contributed by atoms with E-state index in [0.29, 0.717) is 0 Å². The molecular weight excluding hydrogens is 350 g/mol. The highest BCUT2D eigenvalue weighted by atomic mass is 35.5. The number of nitrogens with one attached hydrogen (secondary N) is 1. The molecule has 144 valence electrons. The summed E-state index contributed by atoms with van der Waals surface area (Å²) in [6.07, 6.45) is 9.95. The van der Waals surface area contributed by atoms with Crippen molar-refractivity contribution in [3.05, 3.63) is 70.2 Å². The maximum Gasteiger partial charge on any atom is 0.0408 e. The molecule has 0 bridgehead atoms. The predicted octanol–water partition coefficient (Wildman–Crippen LogP) is 6.77. The van der Waals surface area contributed by atoms with Gasteiger partial charge in [0, 0.05) is 23.6 Å². The Hall–Kier alpha value is -1.75. The third-order valence-electron chi connectivity index (χ3n) is 4.65. The van der Waals surface area contributed by atoms with Crippen LogP contribution in [0.25, 0.3) is 0 Å². The largest absolute Gasteiger partial charge is 0.312 e. The highest BCUT2D eigenvalue weighted by molar-refractivity contribution is 6.30. The van der Waals surface area contributed by atoms with Crippen LogP contribution in [0.15, 0.2) is 48.5 Å². The first-order valence-corrected chi connectivity index (χ1v) is 10.7. The van der Waals surface area contributed by atoms with Crippen LogP contribution >= 0.6 is 11.6 Å². The van der Waals surface area contributed by atoms with E-state index in [4.69, 9.17) is 11.6 Å². The lowest BCUT2D eigenvalue weighted by molar-refractivity contribution is 0.614. The van der Waals surface area contributed by atoms with E-state index in [1.807, 2.05) is 18.2 Å². The SMILES string of the molecule is CCCCCCCCC#Cc1ccc(CNCCc2cccc(Cl)c2)cc1. The average molecular weight is 382 g/mol. The van der Waals surface area contributed by atoms with Crippen LogP contribution in [0.3, 0.4) is 0 Å². The Morgan fingerprint density at radius 3 is 2.44 bits per heavy atom. The summed E-state index contributed by atoms with van der Waals surface area (Å²) >= 11 is 6.02. The minimum Gasteiger partial charge on any atom is -0.312 e. The van der Waals surface area contributed by atoms with Crippen LogP contribution in [0.1, 0.15) is 68.6 Å². The van der Waals surface area contributed by atoms with E-state index in [2.05, 4.69) is 54.4 Å². The molecule has 0 fully saturated rings. The molecule has 0 saturated heterocycles. The Balaban J connectivity index is 1.61. The quantitative estimate of drug-likeness (QED) is 0.334. The van der Waals surface area contributed by atoms with Crippen molar-refractivity contribution in [3.8, 4) is 11.8 Å². The second-order valence-corrected chi connectivity index (χ2v) is 7.51. The molecule has 0 aliphatic rings.